The van der Waals surface area contributed by atoms with E-state index in [2.05, 4.69) is 39.9 Å². The smallest absolute Gasteiger partial charge is 0.308 e. The van der Waals surface area contributed by atoms with Gasteiger partial charge in [-0.25, -0.2) is 0 Å². The molecule has 0 heterocycles. The van der Waals surface area contributed by atoms with Crippen molar-refractivity contribution in [3.63, 3.8) is 0 Å². The van der Waals surface area contributed by atoms with Gasteiger partial charge in [-0.15, -0.1) is 0 Å². The maximum atomic E-state index is 13.0. The molecule has 6 aliphatic carbocycles. The first kappa shape index (κ1) is 34.4. The van der Waals surface area contributed by atoms with Crippen LogP contribution in [0.5, 0.6) is 0 Å². The fourth-order valence-corrected chi connectivity index (χ4v) is 13.1. The fraction of sp³-hybridized carbons (Fsp3) is 0.925. The Morgan fingerprint density at radius 2 is 1.72 bits per heavy atom. The maximum Gasteiger partial charge on any atom is 0.308 e. The van der Waals surface area contributed by atoms with Gasteiger partial charge in [-0.1, -0.05) is 48.5 Å². The molecule has 1 amide bonds. The number of carbonyl (C=O) groups excluding carboxylic acids is 3. The maximum absolute atomic E-state index is 13.0. The van der Waals surface area contributed by atoms with Gasteiger partial charge >= 0.3 is 5.97 Å². The molecule has 0 saturated heterocycles. The molecule has 6 heteroatoms. The first-order valence-electron chi connectivity index (χ1n) is 19.4. The van der Waals surface area contributed by atoms with Crippen LogP contribution in [0.25, 0.3) is 0 Å². The molecule has 46 heavy (non-hydrogen) atoms. The van der Waals surface area contributed by atoms with Gasteiger partial charge in [0.05, 0.1) is 12.0 Å². The number of Topliss-reactive ketones (excluding diaryl/α,β-unsaturated/α-hetero) is 1. The number of esters is 1. The van der Waals surface area contributed by atoms with Gasteiger partial charge in [0, 0.05) is 24.8 Å². The number of aliphatic hydroxyl groups is 1. The lowest BCUT2D eigenvalue weighted by molar-refractivity contribution is -0.183. The summed E-state index contributed by atoms with van der Waals surface area (Å²) in [7, 11) is 0. The molecule has 0 aliphatic heterocycles. The molecule has 2 bridgehead atoms. The van der Waals surface area contributed by atoms with Gasteiger partial charge in [0.25, 0.3) is 0 Å². The second-order valence-electron chi connectivity index (χ2n) is 18.4. The Labute approximate surface area is 279 Å². The van der Waals surface area contributed by atoms with Crippen molar-refractivity contribution in [2.75, 3.05) is 6.54 Å². The molecule has 2 N–H and O–H groups in total. The van der Waals surface area contributed by atoms with Crippen molar-refractivity contribution in [2.45, 2.75) is 157 Å². The van der Waals surface area contributed by atoms with E-state index in [4.69, 9.17) is 4.74 Å². The molecule has 0 spiro atoms. The molecule has 0 aromatic rings. The monoisotopic (exact) mass is 639 g/mol. The Hall–Kier alpha value is -1.43. The van der Waals surface area contributed by atoms with E-state index in [0.29, 0.717) is 60.2 Å². The molecular weight excluding hydrogens is 574 g/mol. The Morgan fingerprint density at radius 1 is 0.957 bits per heavy atom. The fourth-order valence-electron chi connectivity index (χ4n) is 13.1. The summed E-state index contributed by atoms with van der Waals surface area (Å²) in [6.07, 6.45) is 14.3. The molecule has 0 aromatic carbocycles. The summed E-state index contributed by atoms with van der Waals surface area (Å²) < 4.78 is 6.00. The molecule has 6 fully saturated rings. The lowest BCUT2D eigenvalue weighted by atomic mass is 9.43. The highest BCUT2D eigenvalue weighted by atomic mass is 16.5. The van der Waals surface area contributed by atoms with Crippen molar-refractivity contribution in [1.29, 1.82) is 0 Å². The number of ether oxygens (including phenoxy) is 1. The molecular formula is C40H65NO5. The second kappa shape index (κ2) is 12.5. The third-order valence-corrected chi connectivity index (χ3v) is 16.6. The van der Waals surface area contributed by atoms with E-state index in [9.17, 15) is 19.5 Å². The first-order chi connectivity index (χ1) is 21.7. The quantitative estimate of drug-likeness (QED) is 0.237. The summed E-state index contributed by atoms with van der Waals surface area (Å²) in [4.78, 5) is 38.5. The zero-order valence-corrected chi connectivity index (χ0v) is 30.2. The Bertz CT molecular complexity index is 1180. The number of hydrogen-bond acceptors (Lipinski definition) is 5. The van der Waals surface area contributed by atoms with Crippen molar-refractivity contribution in [1.82, 2.24) is 5.32 Å². The minimum atomic E-state index is -0.305. The molecule has 9 unspecified atom stereocenters. The van der Waals surface area contributed by atoms with Crippen molar-refractivity contribution in [3.05, 3.63) is 0 Å². The third-order valence-electron chi connectivity index (χ3n) is 16.6. The van der Waals surface area contributed by atoms with E-state index in [1.54, 1.807) is 0 Å². The summed E-state index contributed by atoms with van der Waals surface area (Å²) in [6.45, 7) is 16.4. The van der Waals surface area contributed by atoms with Gasteiger partial charge in [0.2, 0.25) is 5.91 Å². The summed E-state index contributed by atoms with van der Waals surface area (Å²) in [5.41, 5.74) is -0.0640. The van der Waals surface area contributed by atoms with E-state index in [0.717, 1.165) is 70.6 Å². The van der Waals surface area contributed by atoms with Crippen LogP contribution in [-0.2, 0) is 19.1 Å². The van der Waals surface area contributed by atoms with Gasteiger partial charge in [0.15, 0.2) is 0 Å². The summed E-state index contributed by atoms with van der Waals surface area (Å²) in [5, 5.41) is 15.2. The van der Waals surface area contributed by atoms with Gasteiger partial charge in [-0.05, 0) is 141 Å². The third kappa shape index (κ3) is 5.32. The molecule has 6 nitrogen and oxygen atoms in total. The number of hydrogen-bond donors (Lipinski definition) is 2. The Morgan fingerprint density at radius 3 is 2.39 bits per heavy atom. The van der Waals surface area contributed by atoms with Crippen LogP contribution in [0, 0.1) is 69.0 Å². The van der Waals surface area contributed by atoms with E-state index in [1.165, 1.54) is 19.3 Å². The largest absolute Gasteiger partial charge is 0.462 e. The predicted octanol–water partition coefficient (Wildman–Crippen LogP) is 7.89. The average Bonchev–Trinajstić information content (AvgIpc) is 3.57. The van der Waals surface area contributed by atoms with E-state index in [-0.39, 0.29) is 51.7 Å². The highest BCUT2D eigenvalue weighted by molar-refractivity contribution is 5.89. The van der Waals surface area contributed by atoms with Crippen LogP contribution in [0.2, 0.25) is 0 Å². The minimum absolute atomic E-state index is 0.0294. The lowest BCUT2D eigenvalue weighted by Crippen LogP contribution is -2.59. The standard InChI is InChI=1S/C40H65NO5/c1-8-24(2)36(45)46-28-16-17-38(6)27(21-28)10-11-29-31-13-12-30(39(31,7)33(42)23-32(29)38)25(3)9-14-35(44)41-20-19-40-18-15-26(22-34(40)43)37(40,4)5/h24-33,42H,8-23H2,1-7H3,(H,41,44)/t24?,25?,26?,27?,28-,29?,30?,31?,32?,33-,38-,39+,40?/m0/s1. The minimum Gasteiger partial charge on any atom is -0.462 e. The van der Waals surface area contributed by atoms with E-state index in [1.807, 2.05) is 13.8 Å². The highest BCUT2D eigenvalue weighted by Gasteiger charge is 2.65. The Kier molecular flexibility index (Phi) is 9.34. The molecule has 13 atom stereocenters. The zero-order valence-electron chi connectivity index (χ0n) is 30.2. The predicted molar refractivity (Wildman–Crippen MR) is 181 cm³/mol. The molecule has 260 valence electrons. The van der Waals surface area contributed by atoms with Crippen LogP contribution in [0.4, 0.5) is 0 Å². The van der Waals surface area contributed by atoms with E-state index < -0.39 is 0 Å². The normalized spacial score (nSPS) is 45.3. The number of aliphatic hydroxyl groups excluding tert-OH is 1. The van der Waals surface area contributed by atoms with Crippen LogP contribution in [-0.4, -0.2) is 41.5 Å². The molecule has 0 aromatic heterocycles. The molecule has 6 rings (SSSR count). The van der Waals surface area contributed by atoms with Crippen molar-refractivity contribution in [2.24, 2.45) is 69.0 Å². The number of ketones is 1. The van der Waals surface area contributed by atoms with Crippen LogP contribution in [0.15, 0.2) is 0 Å². The topological polar surface area (TPSA) is 92.7 Å². The van der Waals surface area contributed by atoms with Crippen molar-refractivity contribution >= 4 is 17.7 Å². The number of carbonyl (C=O) groups is 3. The van der Waals surface area contributed by atoms with Crippen molar-refractivity contribution < 1.29 is 24.2 Å². The zero-order chi connectivity index (χ0) is 33.2. The van der Waals surface area contributed by atoms with Gasteiger partial charge in [-0.2, -0.15) is 0 Å². The van der Waals surface area contributed by atoms with Crippen LogP contribution in [0.3, 0.4) is 0 Å². The Balaban J connectivity index is 1.03. The number of fused-ring (bicyclic) bond motifs is 7. The molecule has 0 radical (unpaired) electrons. The summed E-state index contributed by atoms with van der Waals surface area (Å²) in [5.74, 6) is 4.12. The lowest BCUT2D eigenvalue weighted by Gasteiger charge is -2.62. The SMILES string of the molecule is CCC(C)C(=O)O[C@H]1CC[C@@]2(C)C(CCC3C2C[C@H](O)[C@]2(C)C(C(C)CCC(=O)NCCC45CCC(CC4=O)C5(C)C)CCC32)C1. The van der Waals surface area contributed by atoms with Gasteiger partial charge in [0.1, 0.15) is 11.9 Å². The van der Waals surface area contributed by atoms with Gasteiger partial charge < -0.3 is 15.2 Å². The summed E-state index contributed by atoms with van der Waals surface area (Å²) in [6, 6.07) is 0. The molecule has 6 aliphatic rings. The van der Waals surface area contributed by atoms with Crippen molar-refractivity contribution in [3.8, 4) is 0 Å². The van der Waals surface area contributed by atoms with Crippen LogP contribution in [0.1, 0.15) is 145 Å². The highest BCUT2D eigenvalue weighted by Crippen LogP contribution is 2.69. The van der Waals surface area contributed by atoms with Crippen LogP contribution < -0.4 is 5.32 Å². The second-order valence-corrected chi connectivity index (χ2v) is 18.4. The average molecular weight is 640 g/mol. The number of rotatable bonds is 10. The van der Waals surface area contributed by atoms with E-state index >= 15 is 0 Å². The summed E-state index contributed by atoms with van der Waals surface area (Å²) >= 11 is 0. The number of amides is 1. The number of nitrogens with one attached hydrogen (secondary N) is 1. The first-order valence-corrected chi connectivity index (χ1v) is 19.4. The molecule has 6 saturated carbocycles. The van der Waals surface area contributed by atoms with Crippen LogP contribution >= 0.6 is 0 Å². The van der Waals surface area contributed by atoms with Gasteiger partial charge in [-0.3, -0.25) is 14.4 Å².